The van der Waals surface area contributed by atoms with Gasteiger partial charge in [-0.05, 0) is 66.4 Å². The summed E-state index contributed by atoms with van der Waals surface area (Å²) in [5, 5.41) is 3.87. The molecule has 0 spiro atoms. The number of aryl methyl sites for hydroxylation is 1. The third-order valence-electron chi connectivity index (χ3n) is 6.84. The Kier molecular flexibility index (Phi) is 8.79. The van der Waals surface area contributed by atoms with Gasteiger partial charge in [0.25, 0.3) is 5.91 Å². The summed E-state index contributed by atoms with van der Waals surface area (Å²) in [7, 11) is 0. The lowest BCUT2D eigenvalue weighted by Gasteiger charge is -2.13. The second kappa shape index (κ2) is 13.0. The number of amides is 1. The van der Waals surface area contributed by atoms with E-state index in [0.717, 1.165) is 39.6 Å². The first-order valence-corrected chi connectivity index (χ1v) is 13.9. The van der Waals surface area contributed by atoms with Gasteiger partial charge in [-0.15, -0.1) is 0 Å². The van der Waals surface area contributed by atoms with Gasteiger partial charge < -0.3 is 19.2 Å². The highest BCUT2D eigenvalue weighted by Gasteiger charge is 2.15. The first-order chi connectivity index (χ1) is 20.0. The maximum Gasteiger partial charge on any atom is 0.310 e. The van der Waals surface area contributed by atoms with Crippen LogP contribution in [0.4, 0.5) is 0 Å². The molecule has 41 heavy (non-hydrogen) atoms. The van der Waals surface area contributed by atoms with Crippen LogP contribution in [0.5, 0.6) is 5.75 Å². The predicted molar refractivity (Wildman–Crippen MR) is 160 cm³/mol. The maximum atomic E-state index is 12.6. The van der Waals surface area contributed by atoms with Crippen molar-refractivity contribution in [1.29, 1.82) is 0 Å². The topological polar surface area (TPSA) is 77.8 Å². The molecule has 0 aliphatic heterocycles. The van der Waals surface area contributed by atoms with E-state index < -0.39 is 0 Å². The lowest BCUT2D eigenvalue weighted by Crippen LogP contribution is -2.22. The zero-order valence-corrected chi connectivity index (χ0v) is 23.3. The summed E-state index contributed by atoms with van der Waals surface area (Å²) in [6.45, 7) is 4.84. The molecule has 1 heterocycles. The van der Waals surface area contributed by atoms with Crippen LogP contribution in [0.3, 0.4) is 0 Å². The van der Waals surface area contributed by atoms with Gasteiger partial charge in [0.15, 0.2) is 0 Å². The molecule has 0 unspecified atom stereocenters. The van der Waals surface area contributed by atoms with Gasteiger partial charge >= 0.3 is 5.97 Å². The van der Waals surface area contributed by atoms with Crippen LogP contribution in [0.15, 0.2) is 101 Å². The van der Waals surface area contributed by atoms with Crippen molar-refractivity contribution in [2.45, 2.75) is 39.8 Å². The number of esters is 1. The number of rotatable bonds is 11. The Labute approximate surface area is 239 Å². The summed E-state index contributed by atoms with van der Waals surface area (Å²) in [5.74, 6) is 0.868. The standard InChI is InChI=1S/C35H33NO5/c1-3-24-11-10-15-27(17-24)31-19-25(23-40-32-16-9-8-14-28(32)21-33(37)39-4-2)18-29-20-30(41-34(29)31)22-36-35(38)26-12-6-5-7-13-26/h5-20H,3-4,21-23H2,1-2H3,(H,36,38). The molecule has 0 atom stereocenters. The molecule has 6 nitrogen and oxygen atoms in total. The molecule has 1 amide bonds. The molecule has 208 valence electrons. The second-order valence-corrected chi connectivity index (χ2v) is 9.76. The summed E-state index contributed by atoms with van der Waals surface area (Å²) in [6.07, 6.45) is 1.07. The minimum atomic E-state index is -0.284. The molecule has 0 radical (unpaired) electrons. The lowest BCUT2D eigenvalue weighted by atomic mass is 9.98. The van der Waals surface area contributed by atoms with Crippen LogP contribution < -0.4 is 10.1 Å². The number of fused-ring (bicyclic) bond motifs is 1. The van der Waals surface area contributed by atoms with Crippen LogP contribution in [0.25, 0.3) is 22.1 Å². The third kappa shape index (κ3) is 6.84. The maximum absolute atomic E-state index is 12.6. The smallest absolute Gasteiger partial charge is 0.310 e. The SMILES string of the molecule is CCOC(=O)Cc1ccccc1OCc1cc(-c2cccc(CC)c2)c2oc(CNC(=O)c3ccccc3)cc2c1. The predicted octanol–water partition coefficient (Wildman–Crippen LogP) is 7.28. The van der Waals surface area contributed by atoms with E-state index in [2.05, 4.69) is 42.6 Å². The summed E-state index contributed by atoms with van der Waals surface area (Å²) in [4.78, 5) is 24.7. The largest absolute Gasteiger partial charge is 0.489 e. The van der Waals surface area contributed by atoms with Crippen molar-refractivity contribution in [3.63, 3.8) is 0 Å². The number of hydrogen-bond acceptors (Lipinski definition) is 5. The van der Waals surface area contributed by atoms with Crippen molar-refractivity contribution in [2.24, 2.45) is 0 Å². The van der Waals surface area contributed by atoms with E-state index in [4.69, 9.17) is 13.9 Å². The number of carbonyl (C=O) groups excluding carboxylic acids is 2. The van der Waals surface area contributed by atoms with E-state index in [0.29, 0.717) is 30.3 Å². The van der Waals surface area contributed by atoms with E-state index in [-0.39, 0.29) is 24.8 Å². The first-order valence-electron chi connectivity index (χ1n) is 13.9. The number of nitrogens with one attached hydrogen (secondary N) is 1. The zero-order chi connectivity index (χ0) is 28.6. The molecule has 5 aromatic rings. The van der Waals surface area contributed by atoms with Crippen molar-refractivity contribution in [3.8, 4) is 16.9 Å². The molecule has 5 rings (SSSR count). The van der Waals surface area contributed by atoms with Crippen LogP contribution >= 0.6 is 0 Å². The fraction of sp³-hybridized carbons (Fsp3) is 0.200. The summed E-state index contributed by atoms with van der Waals surface area (Å²) >= 11 is 0. The number of furan rings is 1. The summed E-state index contributed by atoms with van der Waals surface area (Å²) in [5.41, 5.74) is 6.33. The fourth-order valence-electron chi connectivity index (χ4n) is 4.79. The Balaban J connectivity index is 1.43. The molecule has 0 bridgehead atoms. The average Bonchev–Trinajstić information content (AvgIpc) is 3.42. The number of ether oxygens (including phenoxy) is 2. The molecule has 4 aromatic carbocycles. The highest BCUT2D eigenvalue weighted by atomic mass is 16.5. The third-order valence-corrected chi connectivity index (χ3v) is 6.84. The molecular weight excluding hydrogens is 514 g/mol. The molecule has 0 saturated heterocycles. The van der Waals surface area contributed by atoms with E-state index in [1.165, 1.54) is 5.56 Å². The van der Waals surface area contributed by atoms with Crippen molar-refractivity contribution in [3.05, 3.63) is 125 Å². The van der Waals surface area contributed by atoms with Crippen molar-refractivity contribution < 1.29 is 23.5 Å². The molecule has 0 aliphatic rings. The van der Waals surface area contributed by atoms with Gasteiger partial charge in [0.05, 0.1) is 19.6 Å². The fourth-order valence-corrected chi connectivity index (χ4v) is 4.79. The average molecular weight is 548 g/mol. The van der Waals surface area contributed by atoms with Crippen LogP contribution in [-0.4, -0.2) is 18.5 Å². The molecule has 6 heteroatoms. The Morgan fingerprint density at radius 3 is 2.44 bits per heavy atom. The minimum Gasteiger partial charge on any atom is -0.489 e. The highest BCUT2D eigenvalue weighted by Crippen LogP contribution is 2.34. The van der Waals surface area contributed by atoms with Gasteiger partial charge in [-0.3, -0.25) is 9.59 Å². The van der Waals surface area contributed by atoms with Crippen LogP contribution in [0.2, 0.25) is 0 Å². The molecule has 1 aromatic heterocycles. The molecule has 1 N–H and O–H groups in total. The van der Waals surface area contributed by atoms with E-state index >= 15 is 0 Å². The number of para-hydroxylation sites is 1. The van der Waals surface area contributed by atoms with Gasteiger partial charge in [-0.25, -0.2) is 0 Å². The number of carbonyl (C=O) groups is 2. The summed E-state index contributed by atoms with van der Waals surface area (Å²) < 4.78 is 17.7. The van der Waals surface area contributed by atoms with Crippen molar-refractivity contribution in [1.82, 2.24) is 5.32 Å². The second-order valence-electron chi connectivity index (χ2n) is 9.76. The van der Waals surface area contributed by atoms with Gasteiger partial charge in [0.1, 0.15) is 23.7 Å². The van der Waals surface area contributed by atoms with Gasteiger partial charge in [-0.1, -0.05) is 67.6 Å². The molecule has 0 aliphatic carbocycles. The summed E-state index contributed by atoms with van der Waals surface area (Å²) in [6, 6.07) is 31.1. The monoisotopic (exact) mass is 547 g/mol. The van der Waals surface area contributed by atoms with Gasteiger partial charge in [0, 0.05) is 22.1 Å². The van der Waals surface area contributed by atoms with Crippen LogP contribution in [-0.2, 0) is 35.5 Å². The van der Waals surface area contributed by atoms with Gasteiger partial charge in [0.2, 0.25) is 0 Å². The Morgan fingerprint density at radius 1 is 0.829 bits per heavy atom. The van der Waals surface area contributed by atoms with Crippen LogP contribution in [0, 0.1) is 0 Å². The van der Waals surface area contributed by atoms with E-state index in [1.54, 1.807) is 19.1 Å². The molecule has 0 saturated carbocycles. The zero-order valence-electron chi connectivity index (χ0n) is 23.3. The van der Waals surface area contributed by atoms with Crippen LogP contribution in [0.1, 0.15) is 46.7 Å². The lowest BCUT2D eigenvalue weighted by molar-refractivity contribution is -0.142. The van der Waals surface area contributed by atoms with Crippen molar-refractivity contribution >= 4 is 22.8 Å². The van der Waals surface area contributed by atoms with Crippen molar-refractivity contribution in [2.75, 3.05) is 6.61 Å². The minimum absolute atomic E-state index is 0.151. The quantitative estimate of drug-likeness (QED) is 0.176. The Hall–Kier alpha value is -4.84. The molecular formula is C35H33NO5. The normalized spacial score (nSPS) is 10.9. The number of hydrogen-bond donors (Lipinski definition) is 1. The van der Waals surface area contributed by atoms with Gasteiger partial charge in [-0.2, -0.15) is 0 Å². The Bertz CT molecular complexity index is 1650. The highest BCUT2D eigenvalue weighted by molar-refractivity contribution is 5.95. The molecule has 0 fully saturated rings. The van der Waals surface area contributed by atoms with E-state index in [9.17, 15) is 9.59 Å². The Morgan fingerprint density at radius 2 is 1.63 bits per heavy atom. The first kappa shape index (κ1) is 27.7. The number of benzene rings is 4. The van der Waals surface area contributed by atoms with E-state index in [1.807, 2.05) is 54.6 Å².